The van der Waals surface area contributed by atoms with Crippen molar-refractivity contribution < 1.29 is 19.3 Å². The van der Waals surface area contributed by atoms with Crippen LogP contribution in [0.5, 0.6) is 0 Å². The molecule has 1 saturated heterocycles. The maximum absolute atomic E-state index is 13.2. The predicted octanol–water partition coefficient (Wildman–Crippen LogP) is 0.103. The van der Waals surface area contributed by atoms with Gasteiger partial charge in [-0.15, -0.1) is 0 Å². The van der Waals surface area contributed by atoms with Gasteiger partial charge in [0.25, 0.3) is 0 Å². The van der Waals surface area contributed by atoms with Crippen LogP contribution in [0.3, 0.4) is 0 Å². The highest BCUT2D eigenvalue weighted by Gasteiger charge is 2.45. The molecule has 1 fully saturated rings. The zero-order valence-corrected chi connectivity index (χ0v) is 7.33. The summed E-state index contributed by atoms with van der Waals surface area (Å²) in [6, 6.07) is 0. The smallest absolute Gasteiger partial charge is 0.134 e. The lowest BCUT2D eigenvalue weighted by atomic mass is 9.87. The summed E-state index contributed by atoms with van der Waals surface area (Å²) in [5.74, 6) is -0.306. The van der Waals surface area contributed by atoms with Crippen molar-refractivity contribution in [3.63, 3.8) is 0 Å². The molecule has 0 radical (unpaired) electrons. The lowest BCUT2D eigenvalue weighted by Gasteiger charge is -2.41. The molecule has 72 valence electrons. The van der Waals surface area contributed by atoms with E-state index in [-0.39, 0.29) is 19.1 Å². The highest BCUT2D eigenvalue weighted by Crippen LogP contribution is 2.30. The van der Waals surface area contributed by atoms with E-state index in [0.29, 0.717) is 0 Å². The van der Waals surface area contributed by atoms with E-state index in [9.17, 15) is 9.50 Å². The van der Waals surface area contributed by atoms with Crippen molar-refractivity contribution in [2.75, 3.05) is 13.2 Å². The van der Waals surface area contributed by atoms with E-state index in [2.05, 4.69) is 0 Å². The third-order valence-corrected chi connectivity index (χ3v) is 2.46. The van der Waals surface area contributed by atoms with E-state index in [1.165, 1.54) is 6.92 Å². The first-order valence-electron chi connectivity index (χ1n) is 4.08. The molecule has 12 heavy (non-hydrogen) atoms. The minimum Gasteiger partial charge on any atom is -0.393 e. The molecule has 0 aliphatic carbocycles. The Morgan fingerprint density at radius 3 is 2.75 bits per heavy atom. The Kier molecular flexibility index (Phi) is 2.70. The van der Waals surface area contributed by atoms with E-state index in [4.69, 9.17) is 9.84 Å². The van der Waals surface area contributed by atoms with Crippen LogP contribution in [-0.4, -0.2) is 41.3 Å². The summed E-state index contributed by atoms with van der Waals surface area (Å²) in [6.07, 6.45) is -2.54. The molecule has 1 heterocycles. The van der Waals surface area contributed by atoms with E-state index in [1.54, 1.807) is 6.92 Å². The van der Waals surface area contributed by atoms with Gasteiger partial charge in [-0.3, -0.25) is 0 Å². The Morgan fingerprint density at radius 1 is 1.67 bits per heavy atom. The zero-order chi connectivity index (χ0) is 9.35. The first-order valence-corrected chi connectivity index (χ1v) is 4.08. The summed E-state index contributed by atoms with van der Waals surface area (Å²) in [7, 11) is 0. The Bertz CT molecular complexity index is 164. The fraction of sp³-hybridized carbons (Fsp3) is 1.00. The topological polar surface area (TPSA) is 49.7 Å². The van der Waals surface area contributed by atoms with Gasteiger partial charge in [0.15, 0.2) is 0 Å². The van der Waals surface area contributed by atoms with Gasteiger partial charge in [-0.2, -0.15) is 0 Å². The minimum absolute atomic E-state index is 0.245. The van der Waals surface area contributed by atoms with Crippen molar-refractivity contribution in [1.82, 2.24) is 0 Å². The highest BCUT2D eigenvalue weighted by atomic mass is 19.1. The van der Waals surface area contributed by atoms with Crippen LogP contribution >= 0.6 is 0 Å². The van der Waals surface area contributed by atoms with Crippen LogP contribution in [0.2, 0.25) is 0 Å². The molecule has 2 N–H and O–H groups in total. The second-order valence-corrected chi connectivity index (χ2v) is 3.65. The van der Waals surface area contributed by atoms with Crippen LogP contribution in [0.15, 0.2) is 0 Å². The minimum atomic E-state index is -1.31. The van der Waals surface area contributed by atoms with Gasteiger partial charge in [0.1, 0.15) is 17.9 Å². The second kappa shape index (κ2) is 3.28. The van der Waals surface area contributed by atoms with E-state index in [1.807, 2.05) is 0 Å². The predicted molar refractivity (Wildman–Crippen MR) is 41.5 cm³/mol. The Hall–Kier alpha value is -0.190. The van der Waals surface area contributed by atoms with Crippen LogP contribution in [0.25, 0.3) is 0 Å². The van der Waals surface area contributed by atoms with Crippen molar-refractivity contribution in [2.24, 2.45) is 5.92 Å². The van der Waals surface area contributed by atoms with Crippen LogP contribution < -0.4 is 0 Å². The average molecular weight is 178 g/mol. The molecule has 0 aromatic rings. The molecule has 3 nitrogen and oxygen atoms in total. The third-order valence-electron chi connectivity index (χ3n) is 2.46. The molecule has 1 rings (SSSR count). The first kappa shape index (κ1) is 9.89. The van der Waals surface area contributed by atoms with Crippen LogP contribution in [0, 0.1) is 5.92 Å². The zero-order valence-electron chi connectivity index (χ0n) is 7.33. The summed E-state index contributed by atoms with van der Waals surface area (Å²) in [5.41, 5.74) is -1.13. The fourth-order valence-electron chi connectivity index (χ4n) is 1.29. The average Bonchev–Trinajstić information content (AvgIpc) is 2.09. The molecular formula is C8H15FO3. The monoisotopic (exact) mass is 178 g/mol. The standard InChI is InChI=1S/C8H15FO3/c1-5-3-12-8(2,4-10)7(11)6(5)9/h5-7,10-11H,3-4H2,1-2H3/t5-,6+,7+,8-/m1/s1. The van der Waals surface area contributed by atoms with Gasteiger partial charge in [-0.05, 0) is 6.92 Å². The number of ether oxygens (including phenoxy) is 1. The summed E-state index contributed by atoms with van der Waals surface area (Å²) in [4.78, 5) is 0. The lowest BCUT2D eigenvalue weighted by molar-refractivity contribution is -0.206. The van der Waals surface area contributed by atoms with Gasteiger partial charge >= 0.3 is 0 Å². The molecule has 4 heteroatoms. The summed E-state index contributed by atoms with van der Waals surface area (Å²) < 4.78 is 18.4. The number of halogens is 1. The van der Waals surface area contributed by atoms with E-state index in [0.717, 1.165) is 0 Å². The van der Waals surface area contributed by atoms with Gasteiger partial charge in [0, 0.05) is 5.92 Å². The molecule has 0 aromatic heterocycles. The van der Waals surface area contributed by atoms with Crippen LogP contribution in [0.4, 0.5) is 4.39 Å². The molecule has 0 aromatic carbocycles. The molecule has 0 bridgehead atoms. The van der Waals surface area contributed by atoms with Gasteiger partial charge in [0.2, 0.25) is 0 Å². The number of alkyl halides is 1. The molecule has 0 saturated carbocycles. The van der Waals surface area contributed by atoms with Gasteiger partial charge in [-0.1, -0.05) is 6.92 Å². The van der Waals surface area contributed by atoms with Crippen molar-refractivity contribution in [3.05, 3.63) is 0 Å². The quantitative estimate of drug-likeness (QED) is 0.599. The maximum atomic E-state index is 13.2. The van der Waals surface area contributed by atoms with Gasteiger partial charge in [0.05, 0.1) is 13.2 Å². The maximum Gasteiger partial charge on any atom is 0.134 e. The lowest BCUT2D eigenvalue weighted by Crippen LogP contribution is -2.57. The molecule has 0 spiro atoms. The number of rotatable bonds is 1. The molecule has 4 atom stereocenters. The number of aliphatic hydroxyl groups excluding tert-OH is 2. The highest BCUT2D eigenvalue weighted by molar-refractivity contribution is 4.94. The normalized spacial score (nSPS) is 49.2. The summed E-state index contributed by atoms with van der Waals surface area (Å²) in [5, 5.41) is 18.3. The van der Waals surface area contributed by atoms with Crippen LogP contribution in [0.1, 0.15) is 13.8 Å². The fourth-order valence-corrected chi connectivity index (χ4v) is 1.29. The van der Waals surface area contributed by atoms with Crippen molar-refractivity contribution >= 4 is 0 Å². The second-order valence-electron chi connectivity index (χ2n) is 3.65. The number of hydrogen-bond acceptors (Lipinski definition) is 3. The molecular weight excluding hydrogens is 163 g/mol. The summed E-state index contributed by atoms with van der Waals surface area (Å²) >= 11 is 0. The van der Waals surface area contributed by atoms with Gasteiger partial charge in [-0.25, -0.2) is 4.39 Å². The SMILES string of the molecule is C[C@@H]1CO[C@](C)(CO)[C@@H](O)[C@H]1F. The van der Waals surface area contributed by atoms with Crippen molar-refractivity contribution in [2.45, 2.75) is 31.7 Å². The number of aliphatic hydroxyl groups is 2. The third kappa shape index (κ3) is 1.46. The van der Waals surface area contributed by atoms with Crippen molar-refractivity contribution in [3.8, 4) is 0 Å². The van der Waals surface area contributed by atoms with E-state index < -0.39 is 17.9 Å². The molecule has 1 aliphatic rings. The molecule has 0 unspecified atom stereocenters. The van der Waals surface area contributed by atoms with E-state index >= 15 is 0 Å². The first-order chi connectivity index (χ1) is 5.51. The Balaban J connectivity index is 2.71. The molecule has 1 aliphatic heterocycles. The Morgan fingerprint density at radius 2 is 2.25 bits per heavy atom. The van der Waals surface area contributed by atoms with Crippen molar-refractivity contribution in [1.29, 1.82) is 0 Å². The van der Waals surface area contributed by atoms with Crippen LogP contribution in [-0.2, 0) is 4.74 Å². The van der Waals surface area contributed by atoms with Gasteiger partial charge < -0.3 is 14.9 Å². The Labute approximate surface area is 71.2 Å². The largest absolute Gasteiger partial charge is 0.393 e. The number of hydrogen-bond donors (Lipinski definition) is 2. The molecule has 0 amide bonds. The summed E-state index contributed by atoms with van der Waals surface area (Å²) in [6.45, 7) is 3.07.